The van der Waals surface area contributed by atoms with Gasteiger partial charge in [0.05, 0.1) is 11.6 Å². The lowest BCUT2D eigenvalue weighted by Crippen LogP contribution is -2.46. The lowest BCUT2D eigenvalue weighted by atomic mass is 10.1. The van der Waals surface area contributed by atoms with Crippen molar-refractivity contribution in [2.24, 2.45) is 0 Å². The highest BCUT2D eigenvalue weighted by Crippen LogP contribution is 2.28. The van der Waals surface area contributed by atoms with Gasteiger partial charge in [0, 0.05) is 17.1 Å². The minimum absolute atomic E-state index is 0.0581. The molecule has 0 aliphatic heterocycles. The van der Waals surface area contributed by atoms with E-state index in [9.17, 15) is 14.0 Å². The Morgan fingerprint density at radius 2 is 1.92 bits per heavy atom. The average molecular weight is 376 g/mol. The maximum atomic E-state index is 13.5. The first-order chi connectivity index (χ1) is 11.4. The van der Waals surface area contributed by atoms with E-state index in [1.165, 1.54) is 12.1 Å². The zero-order valence-corrected chi connectivity index (χ0v) is 14.8. The third-order valence-electron chi connectivity index (χ3n) is 4.02. The third kappa shape index (κ3) is 5.33. The van der Waals surface area contributed by atoms with Crippen molar-refractivity contribution in [1.29, 1.82) is 0 Å². The van der Waals surface area contributed by atoms with E-state index in [1.807, 2.05) is 0 Å². The number of nitrogens with one attached hydrogen (secondary N) is 3. The monoisotopic (exact) mass is 375 g/mol. The summed E-state index contributed by atoms with van der Waals surface area (Å²) in [6, 6.07) is 1.82. The summed E-state index contributed by atoms with van der Waals surface area (Å²) in [5, 5.41) is 8.18. The summed E-state index contributed by atoms with van der Waals surface area (Å²) in [6.45, 7) is 1.64. The first kappa shape index (κ1) is 19.0. The molecule has 0 heterocycles. The fraction of sp³-hybridized carbons (Fsp3) is 0.500. The summed E-state index contributed by atoms with van der Waals surface area (Å²) < 4.78 is 13.5. The first-order valence-electron chi connectivity index (χ1n) is 7.85. The molecule has 3 N–H and O–H groups in total. The maximum absolute atomic E-state index is 13.5. The van der Waals surface area contributed by atoms with Gasteiger partial charge in [-0.2, -0.15) is 0 Å². The Hall–Kier alpha value is -1.37. The van der Waals surface area contributed by atoms with Crippen molar-refractivity contribution in [3.8, 4) is 0 Å². The van der Waals surface area contributed by atoms with Crippen molar-refractivity contribution >= 4 is 35.1 Å². The van der Waals surface area contributed by atoms with Gasteiger partial charge in [-0.15, -0.1) is 0 Å². The SMILES string of the molecule is C[C@H](NCC(=O)NC(=O)NC1CCCC1)c1cc(F)c(Cl)cc1Cl. The molecule has 0 radical (unpaired) electrons. The Labute approximate surface area is 150 Å². The third-order valence-corrected chi connectivity index (χ3v) is 4.64. The van der Waals surface area contributed by atoms with E-state index in [4.69, 9.17) is 23.2 Å². The van der Waals surface area contributed by atoms with E-state index in [2.05, 4.69) is 16.0 Å². The van der Waals surface area contributed by atoms with Crippen LogP contribution in [-0.2, 0) is 4.79 Å². The summed E-state index contributed by atoms with van der Waals surface area (Å²) in [7, 11) is 0. The molecule has 1 aliphatic carbocycles. The molecule has 1 aromatic carbocycles. The van der Waals surface area contributed by atoms with E-state index < -0.39 is 17.8 Å². The Bertz CT molecular complexity index is 622. The molecule has 3 amide bonds. The molecule has 0 aromatic heterocycles. The van der Waals surface area contributed by atoms with Gasteiger partial charge in [-0.1, -0.05) is 36.0 Å². The van der Waals surface area contributed by atoms with E-state index in [0.29, 0.717) is 10.6 Å². The van der Waals surface area contributed by atoms with Gasteiger partial charge < -0.3 is 10.6 Å². The van der Waals surface area contributed by atoms with Crippen LogP contribution < -0.4 is 16.0 Å². The van der Waals surface area contributed by atoms with E-state index in [-0.39, 0.29) is 23.7 Å². The van der Waals surface area contributed by atoms with Gasteiger partial charge in [0.2, 0.25) is 5.91 Å². The Kier molecular flexibility index (Phi) is 6.83. The second kappa shape index (κ2) is 8.65. The Morgan fingerprint density at radius 1 is 1.25 bits per heavy atom. The summed E-state index contributed by atoms with van der Waals surface area (Å²) in [4.78, 5) is 23.5. The van der Waals surface area contributed by atoms with Crippen LogP contribution in [0.25, 0.3) is 0 Å². The molecule has 0 saturated heterocycles. The molecule has 24 heavy (non-hydrogen) atoms. The minimum atomic E-state index is -0.579. The van der Waals surface area contributed by atoms with Crippen molar-refractivity contribution in [2.45, 2.75) is 44.7 Å². The number of carbonyl (C=O) groups excluding carboxylic acids is 2. The highest BCUT2D eigenvalue weighted by Gasteiger charge is 2.19. The van der Waals surface area contributed by atoms with Crippen LogP contribution in [0.2, 0.25) is 10.0 Å². The largest absolute Gasteiger partial charge is 0.335 e. The number of halogens is 3. The molecule has 0 spiro atoms. The van der Waals surface area contributed by atoms with Gasteiger partial charge in [0.25, 0.3) is 0 Å². The Morgan fingerprint density at radius 3 is 2.58 bits per heavy atom. The summed E-state index contributed by atoms with van der Waals surface area (Å²) >= 11 is 11.7. The second-order valence-corrected chi connectivity index (χ2v) is 6.71. The first-order valence-corrected chi connectivity index (χ1v) is 8.60. The fourth-order valence-electron chi connectivity index (χ4n) is 2.69. The van der Waals surface area contributed by atoms with E-state index in [0.717, 1.165) is 25.7 Å². The summed E-state index contributed by atoms with van der Waals surface area (Å²) in [6.07, 6.45) is 4.07. The van der Waals surface area contributed by atoms with Crippen molar-refractivity contribution in [1.82, 2.24) is 16.0 Å². The molecule has 8 heteroatoms. The summed E-state index contributed by atoms with van der Waals surface area (Å²) in [5.74, 6) is -1.05. The molecule has 1 atom stereocenters. The van der Waals surface area contributed by atoms with Crippen molar-refractivity contribution in [3.05, 3.63) is 33.6 Å². The molecule has 5 nitrogen and oxygen atoms in total. The molecule has 2 rings (SSSR count). The Balaban J connectivity index is 1.80. The quantitative estimate of drug-likeness (QED) is 0.689. The molecular formula is C16H20Cl2FN3O2. The normalized spacial score (nSPS) is 16.0. The molecule has 0 bridgehead atoms. The van der Waals surface area contributed by atoms with Crippen LogP contribution in [0.5, 0.6) is 0 Å². The number of hydrogen-bond donors (Lipinski definition) is 3. The second-order valence-electron chi connectivity index (χ2n) is 5.89. The van der Waals surface area contributed by atoms with Crippen LogP contribution in [0.1, 0.15) is 44.2 Å². The highest BCUT2D eigenvalue weighted by molar-refractivity contribution is 6.35. The van der Waals surface area contributed by atoms with Gasteiger partial charge >= 0.3 is 6.03 Å². The number of benzene rings is 1. The number of carbonyl (C=O) groups is 2. The predicted octanol–water partition coefficient (Wildman–Crippen LogP) is 3.55. The highest BCUT2D eigenvalue weighted by atomic mass is 35.5. The smallest absolute Gasteiger partial charge is 0.321 e. The number of hydrogen-bond acceptors (Lipinski definition) is 3. The molecule has 1 saturated carbocycles. The maximum Gasteiger partial charge on any atom is 0.321 e. The van der Waals surface area contributed by atoms with Crippen LogP contribution in [0.4, 0.5) is 9.18 Å². The van der Waals surface area contributed by atoms with Crippen LogP contribution in [-0.4, -0.2) is 24.5 Å². The van der Waals surface area contributed by atoms with Gasteiger partial charge in [-0.25, -0.2) is 9.18 Å². The standard InChI is InChI=1S/C16H20Cl2FN3O2/c1-9(11-6-14(19)13(18)7-12(11)17)20-8-15(23)22-16(24)21-10-4-2-3-5-10/h6-7,9-10,20H,2-5,8H2,1H3,(H2,21,22,23,24)/t9-/m0/s1. The lowest BCUT2D eigenvalue weighted by molar-refractivity contribution is -0.119. The topological polar surface area (TPSA) is 70.2 Å². The van der Waals surface area contributed by atoms with Crippen molar-refractivity contribution in [2.75, 3.05) is 6.54 Å². The predicted molar refractivity (Wildman–Crippen MR) is 91.8 cm³/mol. The van der Waals surface area contributed by atoms with E-state index in [1.54, 1.807) is 6.92 Å². The number of rotatable bonds is 5. The molecule has 132 valence electrons. The van der Waals surface area contributed by atoms with Crippen LogP contribution in [0.15, 0.2) is 12.1 Å². The molecule has 1 aromatic rings. The molecule has 1 aliphatic rings. The van der Waals surface area contributed by atoms with Crippen LogP contribution in [0.3, 0.4) is 0 Å². The van der Waals surface area contributed by atoms with Gasteiger partial charge in [0.1, 0.15) is 5.82 Å². The number of imide groups is 1. The number of amides is 3. The summed E-state index contributed by atoms with van der Waals surface area (Å²) in [5.41, 5.74) is 0.488. The van der Waals surface area contributed by atoms with Crippen LogP contribution in [0, 0.1) is 5.82 Å². The van der Waals surface area contributed by atoms with Crippen molar-refractivity contribution in [3.63, 3.8) is 0 Å². The molecule has 1 fully saturated rings. The fourth-order valence-corrected chi connectivity index (χ4v) is 3.23. The van der Waals surface area contributed by atoms with Crippen LogP contribution >= 0.6 is 23.2 Å². The number of urea groups is 1. The van der Waals surface area contributed by atoms with Gasteiger partial charge in [-0.3, -0.25) is 10.1 Å². The lowest BCUT2D eigenvalue weighted by Gasteiger charge is -2.16. The zero-order valence-electron chi connectivity index (χ0n) is 13.3. The van der Waals surface area contributed by atoms with E-state index >= 15 is 0 Å². The molecular weight excluding hydrogens is 356 g/mol. The van der Waals surface area contributed by atoms with Gasteiger partial charge in [0.15, 0.2) is 0 Å². The minimum Gasteiger partial charge on any atom is -0.335 e. The average Bonchev–Trinajstić information content (AvgIpc) is 3.01. The van der Waals surface area contributed by atoms with Gasteiger partial charge in [-0.05, 0) is 37.5 Å². The van der Waals surface area contributed by atoms with Crippen molar-refractivity contribution < 1.29 is 14.0 Å². The zero-order chi connectivity index (χ0) is 17.7. The molecule has 0 unspecified atom stereocenters.